The first-order valence-corrected chi connectivity index (χ1v) is 10.9. The van der Waals surface area contributed by atoms with E-state index in [1.54, 1.807) is 12.1 Å². The minimum Gasteiger partial charge on any atom is -0.493 e. The quantitative estimate of drug-likeness (QED) is 0.587. The maximum atomic E-state index is 12.8. The minimum atomic E-state index is -3.67. The molecule has 6 nitrogen and oxygen atoms in total. The van der Waals surface area contributed by atoms with Crippen LogP contribution < -0.4 is 8.92 Å². The molecule has 0 N–H and O–H groups in total. The fraction of sp³-hybridized carbons (Fsp3) is 0.650. The van der Waals surface area contributed by atoms with E-state index in [1.807, 2.05) is 45.6 Å². The van der Waals surface area contributed by atoms with E-state index in [0.29, 0.717) is 18.7 Å². The molecule has 7 heteroatoms. The summed E-state index contributed by atoms with van der Waals surface area (Å²) in [5, 5.41) is 0. The van der Waals surface area contributed by atoms with Gasteiger partial charge in [-0.2, -0.15) is 8.42 Å². The second-order valence-electron chi connectivity index (χ2n) is 7.93. The summed E-state index contributed by atoms with van der Waals surface area (Å²) in [6.45, 7) is 12.1. The molecule has 27 heavy (non-hydrogen) atoms. The van der Waals surface area contributed by atoms with Gasteiger partial charge in [0.25, 0.3) is 0 Å². The van der Waals surface area contributed by atoms with Crippen molar-refractivity contribution < 1.29 is 22.1 Å². The normalized spacial score (nSPS) is 13.1. The van der Waals surface area contributed by atoms with Gasteiger partial charge in [0.15, 0.2) is 11.5 Å². The Bertz CT molecular complexity index is 737. The van der Waals surface area contributed by atoms with Crippen LogP contribution in [0, 0.1) is 5.41 Å². The first kappa shape index (κ1) is 23.3. The van der Waals surface area contributed by atoms with Gasteiger partial charge >= 0.3 is 10.1 Å². The summed E-state index contributed by atoms with van der Waals surface area (Å²) in [6, 6.07) is 5.19. The summed E-state index contributed by atoms with van der Waals surface area (Å²) in [5.41, 5.74) is 0.686. The first-order chi connectivity index (χ1) is 12.4. The lowest BCUT2D eigenvalue weighted by Gasteiger charge is -2.31. The maximum Gasteiger partial charge on any atom is 0.309 e. The number of nitrogens with zero attached hydrogens (tertiary/aromatic N) is 1. The molecule has 1 rings (SSSR count). The van der Waals surface area contributed by atoms with Crippen molar-refractivity contribution in [1.29, 1.82) is 0 Å². The Morgan fingerprint density at radius 2 is 1.81 bits per heavy atom. The molecule has 0 fully saturated rings. The zero-order chi connectivity index (χ0) is 20.8. The van der Waals surface area contributed by atoms with E-state index in [-0.39, 0.29) is 28.9 Å². The Kier molecular flexibility index (Phi) is 8.14. The molecule has 1 atom stereocenters. The molecular weight excluding hydrogens is 366 g/mol. The molecule has 0 heterocycles. The molecule has 0 radical (unpaired) electrons. The van der Waals surface area contributed by atoms with Crippen molar-refractivity contribution in [1.82, 2.24) is 4.90 Å². The standard InChI is InChI=1S/C20H33NO5S/c1-8-15(3)21(19(22)13-20(4,5)6)14-16-10-11-17(25-7)18(12-16)26-27(23,24)9-2/h10-12,15H,8-9,13-14H2,1-7H3/t15-/m1/s1. The van der Waals surface area contributed by atoms with E-state index >= 15 is 0 Å². The maximum absolute atomic E-state index is 12.8. The number of hydrogen-bond acceptors (Lipinski definition) is 5. The van der Waals surface area contributed by atoms with Gasteiger partial charge in [0.1, 0.15) is 0 Å². The Hall–Kier alpha value is -1.76. The molecule has 0 aliphatic heterocycles. The molecule has 0 saturated carbocycles. The Labute approximate surface area is 164 Å². The third-order valence-electron chi connectivity index (χ3n) is 4.28. The number of rotatable bonds is 9. The van der Waals surface area contributed by atoms with Crippen LogP contribution in [0.3, 0.4) is 0 Å². The zero-order valence-corrected chi connectivity index (χ0v) is 18.4. The number of carbonyl (C=O) groups excluding carboxylic acids is 1. The molecule has 1 aromatic carbocycles. The average molecular weight is 400 g/mol. The average Bonchev–Trinajstić information content (AvgIpc) is 2.57. The van der Waals surface area contributed by atoms with Gasteiger partial charge in [-0.25, -0.2) is 0 Å². The molecule has 1 aromatic rings. The monoisotopic (exact) mass is 399 g/mol. The molecule has 0 saturated heterocycles. The lowest BCUT2D eigenvalue weighted by Crippen LogP contribution is -2.39. The number of amides is 1. The van der Waals surface area contributed by atoms with E-state index in [9.17, 15) is 13.2 Å². The van der Waals surface area contributed by atoms with Gasteiger partial charge in [-0.05, 0) is 43.4 Å². The van der Waals surface area contributed by atoms with Crippen LogP contribution in [-0.2, 0) is 21.5 Å². The highest BCUT2D eigenvalue weighted by molar-refractivity contribution is 7.87. The summed E-state index contributed by atoms with van der Waals surface area (Å²) in [5.74, 6) is 0.427. The molecule has 1 amide bonds. The lowest BCUT2D eigenvalue weighted by molar-refractivity contribution is -0.135. The number of carbonyl (C=O) groups is 1. The summed E-state index contributed by atoms with van der Waals surface area (Å²) < 4.78 is 34.1. The van der Waals surface area contributed by atoms with E-state index in [1.165, 1.54) is 14.0 Å². The van der Waals surface area contributed by atoms with Crippen LogP contribution in [0.15, 0.2) is 18.2 Å². The van der Waals surface area contributed by atoms with Crippen molar-refractivity contribution in [3.63, 3.8) is 0 Å². The topological polar surface area (TPSA) is 72.9 Å². The number of methoxy groups -OCH3 is 1. The van der Waals surface area contributed by atoms with Gasteiger partial charge < -0.3 is 13.8 Å². The Morgan fingerprint density at radius 3 is 2.30 bits per heavy atom. The summed E-state index contributed by atoms with van der Waals surface area (Å²) in [6.07, 6.45) is 1.28. The van der Waals surface area contributed by atoms with Crippen LogP contribution in [0.25, 0.3) is 0 Å². The van der Waals surface area contributed by atoms with E-state index < -0.39 is 10.1 Å². The molecule has 0 aromatic heterocycles. The van der Waals surface area contributed by atoms with Gasteiger partial charge in [-0.1, -0.05) is 33.8 Å². The largest absolute Gasteiger partial charge is 0.493 e. The van der Waals surface area contributed by atoms with Crippen molar-refractivity contribution in [3.05, 3.63) is 23.8 Å². The third kappa shape index (κ3) is 7.40. The summed E-state index contributed by atoms with van der Waals surface area (Å²) >= 11 is 0. The fourth-order valence-electron chi connectivity index (χ4n) is 2.54. The molecular formula is C20H33NO5S. The van der Waals surface area contributed by atoms with Gasteiger partial charge in [-0.15, -0.1) is 0 Å². The van der Waals surface area contributed by atoms with Crippen LogP contribution in [0.1, 0.15) is 59.9 Å². The highest BCUT2D eigenvalue weighted by atomic mass is 32.2. The van der Waals surface area contributed by atoms with Gasteiger partial charge in [0.05, 0.1) is 12.9 Å². The smallest absolute Gasteiger partial charge is 0.309 e. The molecule has 154 valence electrons. The number of benzene rings is 1. The molecule has 0 spiro atoms. The van der Waals surface area contributed by atoms with Crippen LogP contribution in [0.2, 0.25) is 0 Å². The number of ether oxygens (including phenoxy) is 1. The van der Waals surface area contributed by atoms with Gasteiger partial charge in [0.2, 0.25) is 5.91 Å². The minimum absolute atomic E-state index is 0.0747. The van der Waals surface area contributed by atoms with Crippen molar-refractivity contribution in [3.8, 4) is 11.5 Å². The summed E-state index contributed by atoms with van der Waals surface area (Å²) in [7, 11) is -2.22. The van der Waals surface area contributed by atoms with Crippen molar-refractivity contribution in [2.24, 2.45) is 5.41 Å². The molecule has 0 bridgehead atoms. The molecule has 0 unspecified atom stereocenters. The molecule has 0 aliphatic rings. The van der Waals surface area contributed by atoms with Crippen molar-refractivity contribution in [2.45, 2.75) is 67.0 Å². The SMILES string of the molecule is CC[C@@H](C)N(Cc1ccc(OC)c(OS(=O)(=O)CC)c1)C(=O)CC(C)(C)C. The van der Waals surface area contributed by atoms with E-state index in [0.717, 1.165) is 12.0 Å². The lowest BCUT2D eigenvalue weighted by atomic mass is 9.91. The van der Waals surface area contributed by atoms with Crippen LogP contribution in [0.4, 0.5) is 0 Å². The van der Waals surface area contributed by atoms with Gasteiger partial charge in [-0.3, -0.25) is 4.79 Å². The van der Waals surface area contributed by atoms with Gasteiger partial charge in [0, 0.05) is 19.0 Å². The predicted octanol–water partition coefficient (Wildman–Crippen LogP) is 3.99. The predicted molar refractivity (Wildman–Crippen MR) is 107 cm³/mol. The molecule has 0 aliphatic carbocycles. The van der Waals surface area contributed by atoms with Crippen molar-refractivity contribution in [2.75, 3.05) is 12.9 Å². The Balaban J connectivity index is 3.16. The van der Waals surface area contributed by atoms with Crippen LogP contribution in [-0.4, -0.2) is 38.1 Å². The highest BCUT2D eigenvalue weighted by Crippen LogP contribution is 2.31. The first-order valence-electron chi connectivity index (χ1n) is 9.31. The third-order valence-corrected chi connectivity index (χ3v) is 5.42. The van der Waals surface area contributed by atoms with Crippen LogP contribution in [0.5, 0.6) is 11.5 Å². The zero-order valence-electron chi connectivity index (χ0n) is 17.5. The van der Waals surface area contributed by atoms with E-state index in [2.05, 4.69) is 0 Å². The number of hydrogen-bond donors (Lipinski definition) is 0. The second kappa shape index (κ2) is 9.44. The fourth-order valence-corrected chi connectivity index (χ4v) is 3.06. The summed E-state index contributed by atoms with van der Waals surface area (Å²) in [4.78, 5) is 14.7. The van der Waals surface area contributed by atoms with E-state index in [4.69, 9.17) is 8.92 Å². The second-order valence-corrected chi connectivity index (χ2v) is 9.79. The van der Waals surface area contributed by atoms with Crippen LogP contribution >= 0.6 is 0 Å². The Morgan fingerprint density at radius 1 is 1.19 bits per heavy atom. The highest BCUT2D eigenvalue weighted by Gasteiger charge is 2.25. The van der Waals surface area contributed by atoms with Crippen molar-refractivity contribution >= 4 is 16.0 Å².